The molecule has 176 valence electrons. The molecule has 1 aliphatic heterocycles. The van der Waals surface area contributed by atoms with Crippen LogP contribution in [0.25, 0.3) is 16.2 Å². The quantitative estimate of drug-likeness (QED) is 0.564. The molecule has 1 aliphatic carbocycles. The number of aryl methyl sites for hydroxylation is 1. The zero-order chi connectivity index (χ0) is 22.9. The Hall–Kier alpha value is -2.61. The molecular weight excluding hydrogens is 432 g/mol. The third kappa shape index (κ3) is 4.71. The lowest BCUT2D eigenvalue weighted by Gasteiger charge is -2.34. The highest BCUT2D eigenvalue weighted by Gasteiger charge is 2.27. The van der Waals surface area contributed by atoms with Crippen LogP contribution in [0.5, 0.6) is 0 Å². The van der Waals surface area contributed by atoms with Gasteiger partial charge in [0.15, 0.2) is 5.82 Å². The van der Waals surface area contributed by atoms with E-state index in [0.29, 0.717) is 18.4 Å². The van der Waals surface area contributed by atoms with Gasteiger partial charge in [0.25, 0.3) is 0 Å². The molecule has 2 aliphatic rings. The van der Waals surface area contributed by atoms with Crippen LogP contribution in [0.4, 0.5) is 10.9 Å². The topological polar surface area (TPSA) is 65.8 Å². The van der Waals surface area contributed by atoms with Crippen molar-refractivity contribution in [3.05, 3.63) is 29.8 Å². The summed E-state index contributed by atoms with van der Waals surface area (Å²) in [6.07, 6.45) is 5.58. The maximum atomic E-state index is 12.4. The normalized spacial score (nSPS) is 17.5. The van der Waals surface area contributed by atoms with Gasteiger partial charge in [-0.05, 0) is 31.7 Å². The molecule has 0 atom stereocenters. The van der Waals surface area contributed by atoms with Gasteiger partial charge in [0, 0.05) is 44.2 Å². The Bertz CT molecular complexity index is 1120. The number of hydrogen-bond acceptors (Lipinski definition) is 6. The van der Waals surface area contributed by atoms with Crippen molar-refractivity contribution in [2.45, 2.75) is 58.9 Å². The van der Waals surface area contributed by atoms with Gasteiger partial charge in [-0.3, -0.25) is 4.79 Å². The monoisotopic (exact) mass is 466 g/mol. The number of anilines is 2. The predicted octanol–water partition coefficient (Wildman–Crippen LogP) is 4.82. The Balaban J connectivity index is 1.40. The standard InChI is InChI=1S/C25H34N6OS/c1-17(2)15-21(32)29-11-13-30(14-12-29)25-28-31-23(26-20-9-4-5-10-20)22(27-24(31)33-25)19-8-6-7-18(3)16-19/h6-8,16-17,20,26H,4-5,9-15H2,1-3H3. The summed E-state index contributed by atoms with van der Waals surface area (Å²) in [5.74, 6) is 1.68. The molecule has 7 nitrogen and oxygen atoms in total. The molecule has 3 heterocycles. The van der Waals surface area contributed by atoms with Gasteiger partial charge in [0.1, 0.15) is 5.69 Å². The molecule has 2 fully saturated rings. The van der Waals surface area contributed by atoms with Crippen LogP contribution < -0.4 is 10.2 Å². The number of fused-ring (bicyclic) bond motifs is 1. The highest BCUT2D eigenvalue weighted by molar-refractivity contribution is 7.20. The summed E-state index contributed by atoms with van der Waals surface area (Å²) in [5, 5.41) is 9.76. The van der Waals surface area contributed by atoms with Crippen LogP contribution in [-0.4, -0.2) is 57.6 Å². The molecule has 1 saturated carbocycles. The van der Waals surface area contributed by atoms with Gasteiger partial charge < -0.3 is 15.1 Å². The molecular formula is C25H34N6OS. The molecule has 8 heteroatoms. The Kier molecular flexibility index (Phi) is 6.27. The van der Waals surface area contributed by atoms with Crippen molar-refractivity contribution in [1.29, 1.82) is 0 Å². The summed E-state index contributed by atoms with van der Waals surface area (Å²) in [4.78, 5) is 22.7. The third-order valence-electron chi connectivity index (χ3n) is 6.67. The maximum absolute atomic E-state index is 12.4. The van der Waals surface area contributed by atoms with E-state index in [4.69, 9.17) is 10.1 Å². The largest absolute Gasteiger partial charge is 0.365 e. The van der Waals surface area contributed by atoms with Gasteiger partial charge >= 0.3 is 0 Å². The molecule has 0 spiro atoms. The van der Waals surface area contributed by atoms with Crippen molar-refractivity contribution < 1.29 is 4.79 Å². The molecule has 1 saturated heterocycles. The van der Waals surface area contributed by atoms with Crippen LogP contribution in [0.2, 0.25) is 0 Å². The van der Waals surface area contributed by atoms with E-state index in [0.717, 1.165) is 53.3 Å². The summed E-state index contributed by atoms with van der Waals surface area (Å²) in [6, 6.07) is 9.02. The summed E-state index contributed by atoms with van der Waals surface area (Å²) in [5.41, 5.74) is 3.35. The van der Waals surface area contributed by atoms with E-state index in [1.54, 1.807) is 11.3 Å². The average Bonchev–Trinajstić information content (AvgIpc) is 3.51. The number of nitrogens with zero attached hydrogens (tertiary/aromatic N) is 5. The van der Waals surface area contributed by atoms with Crippen LogP contribution >= 0.6 is 11.3 Å². The van der Waals surface area contributed by atoms with Gasteiger partial charge in [-0.15, -0.1) is 5.10 Å². The number of piperazine rings is 1. The molecule has 0 unspecified atom stereocenters. The maximum Gasteiger partial charge on any atom is 0.222 e. The fourth-order valence-electron chi connectivity index (χ4n) is 4.88. The fraction of sp³-hybridized carbons (Fsp3) is 0.560. The van der Waals surface area contributed by atoms with Crippen LogP contribution in [-0.2, 0) is 4.79 Å². The lowest BCUT2D eigenvalue weighted by Crippen LogP contribution is -2.49. The fourth-order valence-corrected chi connectivity index (χ4v) is 5.83. The van der Waals surface area contributed by atoms with E-state index in [1.165, 1.54) is 31.2 Å². The Labute approximate surface area is 199 Å². The lowest BCUT2D eigenvalue weighted by atomic mass is 10.1. The van der Waals surface area contributed by atoms with Gasteiger partial charge in [0.2, 0.25) is 16.0 Å². The summed E-state index contributed by atoms with van der Waals surface area (Å²) in [6.45, 7) is 9.47. The van der Waals surface area contributed by atoms with Crippen molar-refractivity contribution in [2.75, 3.05) is 36.4 Å². The van der Waals surface area contributed by atoms with E-state index < -0.39 is 0 Å². The SMILES string of the molecule is Cc1cccc(-c2nc3sc(N4CCN(C(=O)CC(C)C)CC4)nn3c2NC2CCCC2)c1. The zero-order valence-electron chi connectivity index (χ0n) is 19.9. The Morgan fingerprint density at radius 3 is 2.64 bits per heavy atom. The second-order valence-electron chi connectivity index (χ2n) is 9.85. The third-order valence-corrected chi connectivity index (χ3v) is 7.64. The highest BCUT2D eigenvalue weighted by Crippen LogP contribution is 2.35. The van der Waals surface area contributed by atoms with Crippen LogP contribution in [0.15, 0.2) is 24.3 Å². The first-order valence-corrected chi connectivity index (χ1v) is 13.1. The molecule has 0 bridgehead atoms. The predicted molar refractivity (Wildman–Crippen MR) is 135 cm³/mol. The van der Waals surface area contributed by atoms with E-state index in [2.05, 4.69) is 55.3 Å². The molecule has 33 heavy (non-hydrogen) atoms. The molecule has 0 radical (unpaired) electrons. The molecule has 1 amide bonds. The van der Waals surface area contributed by atoms with Gasteiger partial charge in [-0.1, -0.05) is 61.8 Å². The minimum Gasteiger partial charge on any atom is -0.365 e. The lowest BCUT2D eigenvalue weighted by molar-refractivity contribution is -0.132. The number of imidazole rings is 1. The summed E-state index contributed by atoms with van der Waals surface area (Å²) >= 11 is 1.64. The molecule has 2 aromatic heterocycles. The molecule has 3 aromatic rings. The first-order chi connectivity index (χ1) is 16.0. The van der Waals surface area contributed by atoms with E-state index in [1.807, 2.05) is 9.42 Å². The Morgan fingerprint density at radius 1 is 1.18 bits per heavy atom. The van der Waals surface area contributed by atoms with E-state index in [9.17, 15) is 4.79 Å². The first kappa shape index (κ1) is 22.2. The second kappa shape index (κ2) is 9.33. The number of rotatable bonds is 6. The van der Waals surface area contributed by atoms with Crippen molar-refractivity contribution >= 4 is 33.2 Å². The average molecular weight is 467 g/mol. The van der Waals surface area contributed by atoms with Crippen LogP contribution in [0, 0.1) is 12.8 Å². The van der Waals surface area contributed by atoms with Gasteiger partial charge in [0.05, 0.1) is 0 Å². The van der Waals surface area contributed by atoms with Gasteiger partial charge in [-0.25, -0.2) is 4.98 Å². The summed E-state index contributed by atoms with van der Waals surface area (Å²) < 4.78 is 2.01. The number of carbonyl (C=O) groups is 1. The van der Waals surface area contributed by atoms with Crippen LogP contribution in [0.3, 0.4) is 0 Å². The molecule has 1 N–H and O–H groups in total. The van der Waals surface area contributed by atoms with Crippen molar-refractivity contribution in [2.24, 2.45) is 5.92 Å². The van der Waals surface area contributed by atoms with Crippen molar-refractivity contribution in [3.8, 4) is 11.3 Å². The minimum atomic E-state index is 0.268. The molecule has 5 rings (SSSR count). The highest BCUT2D eigenvalue weighted by atomic mass is 32.1. The number of carbonyl (C=O) groups excluding carboxylic acids is 1. The minimum absolute atomic E-state index is 0.268. The number of amides is 1. The van der Waals surface area contributed by atoms with E-state index in [-0.39, 0.29) is 5.91 Å². The Morgan fingerprint density at radius 2 is 1.94 bits per heavy atom. The summed E-state index contributed by atoms with van der Waals surface area (Å²) in [7, 11) is 0. The second-order valence-corrected chi connectivity index (χ2v) is 10.8. The van der Waals surface area contributed by atoms with Crippen molar-refractivity contribution in [1.82, 2.24) is 19.5 Å². The van der Waals surface area contributed by atoms with E-state index >= 15 is 0 Å². The number of aromatic nitrogens is 3. The van der Waals surface area contributed by atoms with Crippen LogP contribution in [0.1, 0.15) is 51.5 Å². The van der Waals surface area contributed by atoms with Gasteiger partial charge in [-0.2, -0.15) is 4.52 Å². The first-order valence-electron chi connectivity index (χ1n) is 12.2. The number of hydrogen-bond donors (Lipinski definition) is 1. The number of nitrogens with one attached hydrogen (secondary N) is 1. The zero-order valence-corrected chi connectivity index (χ0v) is 20.7. The smallest absolute Gasteiger partial charge is 0.222 e. The number of benzene rings is 1. The molecule has 1 aromatic carbocycles. The van der Waals surface area contributed by atoms with Crippen molar-refractivity contribution in [3.63, 3.8) is 0 Å².